The van der Waals surface area contributed by atoms with Crippen molar-refractivity contribution in [2.24, 2.45) is 5.73 Å². The molecule has 0 aliphatic rings. The highest BCUT2D eigenvalue weighted by molar-refractivity contribution is 6.31. The van der Waals surface area contributed by atoms with Crippen LogP contribution in [0.1, 0.15) is 22.8 Å². The highest BCUT2D eigenvalue weighted by Crippen LogP contribution is 2.23. The summed E-state index contributed by atoms with van der Waals surface area (Å²) in [6.07, 6.45) is -0.875. The van der Waals surface area contributed by atoms with Crippen molar-refractivity contribution in [2.45, 2.75) is 13.0 Å². The van der Waals surface area contributed by atoms with Gasteiger partial charge in [-0.25, -0.2) is 0 Å². The Morgan fingerprint density at radius 3 is 2.50 bits per heavy atom. The fourth-order valence-corrected chi connectivity index (χ4v) is 2.09. The summed E-state index contributed by atoms with van der Waals surface area (Å²) in [6.45, 7) is 1.54. The number of hydrogen-bond acceptors (Lipinski definition) is 4. The molecule has 0 heterocycles. The molecule has 7 heteroatoms. The van der Waals surface area contributed by atoms with Crippen LogP contribution in [0.15, 0.2) is 42.5 Å². The minimum Gasteiger partial charge on any atom is -0.480 e. The molecule has 3 N–H and O–H groups in total. The first-order valence-corrected chi connectivity index (χ1v) is 7.35. The van der Waals surface area contributed by atoms with Crippen molar-refractivity contribution in [3.05, 3.63) is 58.6 Å². The molecule has 24 heavy (non-hydrogen) atoms. The maximum absolute atomic E-state index is 12.2. The Balaban J connectivity index is 2.09. The van der Waals surface area contributed by atoms with E-state index < -0.39 is 17.9 Å². The molecule has 2 rings (SSSR count). The number of anilines is 1. The standard InChI is InChI=1S/C17H14ClN3O3/c1-10(17(23)21-13-5-2-11(9-19)3-6-13)24-15-7-4-12(18)8-14(15)16(20)22/h2-8,10H,1H3,(H2,20,22)(H,21,23). The topological polar surface area (TPSA) is 105 Å². The van der Waals surface area contributed by atoms with Crippen molar-refractivity contribution >= 4 is 29.1 Å². The van der Waals surface area contributed by atoms with Crippen LogP contribution < -0.4 is 15.8 Å². The van der Waals surface area contributed by atoms with Gasteiger partial charge < -0.3 is 15.8 Å². The highest BCUT2D eigenvalue weighted by Gasteiger charge is 2.18. The second-order valence-electron chi connectivity index (χ2n) is 4.94. The number of nitrogens with zero attached hydrogens (tertiary/aromatic N) is 1. The van der Waals surface area contributed by atoms with E-state index in [1.165, 1.54) is 18.2 Å². The normalized spacial score (nSPS) is 11.2. The van der Waals surface area contributed by atoms with Crippen LogP contribution >= 0.6 is 11.6 Å². The van der Waals surface area contributed by atoms with E-state index in [9.17, 15) is 9.59 Å². The summed E-state index contributed by atoms with van der Waals surface area (Å²) in [5, 5.41) is 11.7. The number of benzene rings is 2. The average Bonchev–Trinajstić information content (AvgIpc) is 2.56. The lowest BCUT2D eigenvalue weighted by Crippen LogP contribution is -2.30. The van der Waals surface area contributed by atoms with Gasteiger partial charge in [-0.15, -0.1) is 0 Å². The lowest BCUT2D eigenvalue weighted by Gasteiger charge is -2.16. The number of rotatable bonds is 5. The van der Waals surface area contributed by atoms with Crippen LogP contribution in [0.25, 0.3) is 0 Å². The van der Waals surface area contributed by atoms with Crippen molar-refractivity contribution in [3.63, 3.8) is 0 Å². The summed E-state index contributed by atoms with van der Waals surface area (Å²) < 4.78 is 5.52. The van der Waals surface area contributed by atoms with Crippen molar-refractivity contribution in [1.82, 2.24) is 0 Å². The number of primary amides is 1. The number of nitriles is 1. The molecule has 0 saturated carbocycles. The molecule has 2 aromatic carbocycles. The molecule has 6 nitrogen and oxygen atoms in total. The first kappa shape index (κ1) is 17.3. The molecule has 1 atom stereocenters. The molecule has 0 saturated heterocycles. The molecule has 0 aromatic heterocycles. The summed E-state index contributed by atoms with van der Waals surface area (Å²) >= 11 is 5.83. The van der Waals surface area contributed by atoms with Crippen molar-refractivity contribution in [3.8, 4) is 11.8 Å². The number of hydrogen-bond donors (Lipinski definition) is 2. The van der Waals surface area contributed by atoms with E-state index in [4.69, 9.17) is 27.3 Å². The quantitative estimate of drug-likeness (QED) is 0.870. The van der Waals surface area contributed by atoms with Crippen LogP contribution in [0.3, 0.4) is 0 Å². The van der Waals surface area contributed by atoms with E-state index in [1.54, 1.807) is 31.2 Å². The van der Waals surface area contributed by atoms with Gasteiger partial charge in [0.05, 0.1) is 17.2 Å². The van der Waals surface area contributed by atoms with Crippen LogP contribution in [0.2, 0.25) is 5.02 Å². The van der Waals surface area contributed by atoms with Crippen LogP contribution in [-0.4, -0.2) is 17.9 Å². The average molecular weight is 344 g/mol. The van der Waals surface area contributed by atoms with E-state index in [2.05, 4.69) is 5.32 Å². The molecule has 1 unspecified atom stereocenters. The zero-order valence-corrected chi connectivity index (χ0v) is 13.5. The number of carbonyl (C=O) groups is 2. The first-order valence-electron chi connectivity index (χ1n) is 6.97. The summed E-state index contributed by atoms with van der Waals surface area (Å²) in [4.78, 5) is 23.6. The van der Waals surface area contributed by atoms with Gasteiger partial charge in [0.2, 0.25) is 0 Å². The summed E-state index contributed by atoms with van der Waals surface area (Å²) in [6, 6.07) is 12.8. The summed E-state index contributed by atoms with van der Waals surface area (Å²) in [7, 11) is 0. The van der Waals surface area contributed by atoms with Gasteiger partial charge in [0.1, 0.15) is 5.75 Å². The third kappa shape index (κ3) is 4.24. The number of halogens is 1. The molecule has 2 amide bonds. The fraction of sp³-hybridized carbons (Fsp3) is 0.118. The zero-order valence-electron chi connectivity index (χ0n) is 12.7. The second-order valence-corrected chi connectivity index (χ2v) is 5.38. The largest absolute Gasteiger partial charge is 0.480 e. The molecule has 0 aliphatic carbocycles. The van der Waals surface area contributed by atoms with Gasteiger partial charge in [0, 0.05) is 10.7 Å². The molecule has 0 aliphatic heterocycles. The minimum absolute atomic E-state index is 0.0977. The molecule has 0 spiro atoms. The van der Waals surface area contributed by atoms with Crippen molar-refractivity contribution in [2.75, 3.05) is 5.32 Å². The highest BCUT2D eigenvalue weighted by atomic mass is 35.5. The third-order valence-corrected chi connectivity index (χ3v) is 3.40. The van der Waals surface area contributed by atoms with Gasteiger partial charge >= 0.3 is 0 Å². The Morgan fingerprint density at radius 1 is 1.25 bits per heavy atom. The Bertz CT molecular complexity index is 813. The number of nitrogens with one attached hydrogen (secondary N) is 1. The molecule has 0 fully saturated rings. The molecule has 122 valence electrons. The third-order valence-electron chi connectivity index (χ3n) is 3.16. The predicted octanol–water partition coefficient (Wildman–Crippen LogP) is 2.72. The Kier molecular flexibility index (Phi) is 5.40. The Labute approximate surface area is 143 Å². The number of carbonyl (C=O) groups excluding carboxylic acids is 2. The van der Waals surface area contributed by atoms with Gasteiger partial charge in [-0.2, -0.15) is 5.26 Å². The summed E-state index contributed by atoms with van der Waals surface area (Å²) in [5.74, 6) is -0.938. The second kappa shape index (κ2) is 7.49. The molecule has 0 bridgehead atoms. The molecule has 0 radical (unpaired) electrons. The maximum Gasteiger partial charge on any atom is 0.265 e. The fourth-order valence-electron chi connectivity index (χ4n) is 1.91. The number of amides is 2. The van der Waals surface area contributed by atoms with E-state index in [0.29, 0.717) is 16.3 Å². The van der Waals surface area contributed by atoms with Gasteiger partial charge in [-0.05, 0) is 49.4 Å². The van der Waals surface area contributed by atoms with Crippen LogP contribution in [0.4, 0.5) is 5.69 Å². The van der Waals surface area contributed by atoms with E-state index in [-0.39, 0.29) is 11.3 Å². The maximum atomic E-state index is 12.2. The molecular weight excluding hydrogens is 330 g/mol. The van der Waals surface area contributed by atoms with Gasteiger partial charge in [-0.3, -0.25) is 9.59 Å². The first-order chi connectivity index (χ1) is 11.4. The molecule has 2 aromatic rings. The lowest BCUT2D eigenvalue weighted by molar-refractivity contribution is -0.122. The monoisotopic (exact) mass is 343 g/mol. The van der Waals surface area contributed by atoms with E-state index in [0.717, 1.165) is 0 Å². The Hall–Kier alpha value is -3.04. The minimum atomic E-state index is -0.875. The van der Waals surface area contributed by atoms with Gasteiger partial charge in [0.15, 0.2) is 6.10 Å². The lowest BCUT2D eigenvalue weighted by atomic mass is 10.2. The Morgan fingerprint density at radius 2 is 1.92 bits per heavy atom. The van der Waals surface area contributed by atoms with E-state index in [1.807, 2.05) is 6.07 Å². The van der Waals surface area contributed by atoms with E-state index >= 15 is 0 Å². The van der Waals surface area contributed by atoms with Crippen LogP contribution in [-0.2, 0) is 4.79 Å². The summed E-state index contributed by atoms with van der Waals surface area (Å²) in [5.41, 5.74) is 6.40. The number of ether oxygens (including phenoxy) is 1. The predicted molar refractivity (Wildman–Crippen MR) is 89.8 cm³/mol. The van der Waals surface area contributed by atoms with Crippen molar-refractivity contribution in [1.29, 1.82) is 5.26 Å². The smallest absolute Gasteiger partial charge is 0.265 e. The SMILES string of the molecule is CC(Oc1ccc(Cl)cc1C(N)=O)C(=O)Nc1ccc(C#N)cc1. The zero-order chi connectivity index (χ0) is 17.7. The number of nitrogens with two attached hydrogens (primary N) is 1. The van der Waals surface area contributed by atoms with Gasteiger partial charge in [-0.1, -0.05) is 11.6 Å². The molecular formula is C17H14ClN3O3. The van der Waals surface area contributed by atoms with Crippen LogP contribution in [0, 0.1) is 11.3 Å². The van der Waals surface area contributed by atoms with Crippen molar-refractivity contribution < 1.29 is 14.3 Å². The van der Waals surface area contributed by atoms with Gasteiger partial charge in [0.25, 0.3) is 11.8 Å². The van der Waals surface area contributed by atoms with Crippen LogP contribution in [0.5, 0.6) is 5.75 Å².